The van der Waals surface area contributed by atoms with Crippen LogP contribution in [-0.2, 0) is 27.2 Å². The quantitative estimate of drug-likeness (QED) is 0.259. The molecule has 1 unspecified atom stereocenters. The maximum Gasteiger partial charge on any atom is 0.391 e. The Hall–Kier alpha value is -3.18. The zero-order valence-electron chi connectivity index (χ0n) is 22.2. The van der Waals surface area contributed by atoms with Crippen molar-refractivity contribution in [3.63, 3.8) is 0 Å². The first-order valence-electron chi connectivity index (χ1n) is 13.4. The molecule has 2 aliphatic heterocycles. The predicted octanol–water partition coefficient (Wildman–Crippen LogP) is 5.57. The summed E-state index contributed by atoms with van der Waals surface area (Å²) in [6.07, 6.45) is -5.03. The summed E-state index contributed by atoms with van der Waals surface area (Å²) in [5.74, 6) is -1.81. The van der Waals surface area contributed by atoms with E-state index in [9.17, 15) is 27.2 Å². The van der Waals surface area contributed by atoms with Crippen LogP contribution < -0.4 is 9.80 Å². The van der Waals surface area contributed by atoms with Gasteiger partial charge in [0.2, 0.25) is 5.91 Å². The van der Waals surface area contributed by atoms with Crippen molar-refractivity contribution in [3.8, 4) is 0 Å². The normalized spacial score (nSPS) is 17.3. The topological polar surface area (TPSA) is 53.1 Å². The second kappa shape index (κ2) is 11.7. The van der Waals surface area contributed by atoms with Crippen LogP contribution in [0.2, 0.25) is 0 Å². The molecule has 2 aliphatic rings. The fraction of sp³-hybridized carbons (Fsp3) is 0.448. The van der Waals surface area contributed by atoms with Gasteiger partial charge in [0.15, 0.2) is 0 Å². The molecule has 1 saturated heterocycles. The molecule has 1 fully saturated rings. The van der Waals surface area contributed by atoms with Crippen LogP contribution in [0.4, 0.5) is 28.9 Å². The van der Waals surface area contributed by atoms with Gasteiger partial charge in [-0.15, -0.1) is 11.3 Å². The molecule has 0 radical (unpaired) electrons. The van der Waals surface area contributed by atoms with E-state index in [0.717, 1.165) is 64.5 Å². The number of halogens is 4. The number of rotatable bonds is 8. The average Bonchev–Trinajstić information content (AvgIpc) is 3.38. The largest absolute Gasteiger partial charge is 0.464 e. The summed E-state index contributed by atoms with van der Waals surface area (Å²) in [5, 5.41) is 3.02. The molecule has 5 rings (SSSR count). The lowest BCUT2D eigenvalue weighted by Crippen LogP contribution is -2.50. The fourth-order valence-electron chi connectivity index (χ4n) is 5.56. The van der Waals surface area contributed by atoms with E-state index in [1.54, 1.807) is 18.2 Å². The monoisotopic (exact) mass is 577 g/mol. The Morgan fingerprint density at radius 2 is 1.82 bits per heavy atom. The third kappa shape index (κ3) is 6.25. The van der Waals surface area contributed by atoms with Gasteiger partial charge in [-0.25, -0.2) is 9.18 Å². The Labute approximate surface area is 234 Å². The third-order valence-corrected chi connectivity index (χ3v) is 8.39. The molecule has 214 valence electrons. The molecule has 0 N–H and O–H groups in total. The Balaban J connectivity index is 1.27. The number of anilines is 2. The number of thiophene rings is 1. The Kier molecular flexibility index (Phi) is 8.32. The van der Waals surface area contributed by atoms with Gasteiger partial charge in [-0.3, -0.25) is 14.6 Å². The van der Waals surface area contributed by atoms with Gasteiger partial charge in [-0.1, -0.05) is 12.1 Å². The molecule has 6 nitrogen and oxygen atoms in total. The number of aryl methyl sites for hydroxylation is 1. The molecule has 11 heteroatoms. The van der Waals surface area contributed by atoms with Crippen LogP contribution >= 0.6 is 11.3 Å². The number of nitrogens with zero attached hydrogens (tertiary/aromatic N) is 3. The van der Waals surface area contributed by atoms with Gasteiger partial charge in [0.1, 0.15) is 11.9 Å². The number of esters is 1. The molecular formula is C29H31F4N3O3S. The Morgan fingerprint density at radius 3 is 2.55 bits per heavy atom. The van der Waals surface area contributed by atoms with E-state index in [1.807, 2.05) is 23.6 Å². The van der Waals surface area contributed by atoms with E-state index in [-0.39, 0.29) is 18.8 Å². The minimum Gasteiger partial charge on any atom is -0.464 e. The van der Waals surface area contributed by atoms with E-state index in [0.29, 0.717) is 18.5 Å². The number of benzene rings is 2. The van der Waals surface area contributed by atoms with Gasteiger partial charge in [-0.05, 0) is 60.5 Å². The van der Waals surface area contributed by atoms with Crippen LogP contribution in [-0.4, -0.2) is 68.3 Å². The van der Waals surface area contributed by atoms with E-state index in [1.165, 1.54) is 18.3 Å². The highest BCUT2D eigenvalue weighted by Gasteiger charge is 2.43. The molecule has 0 saturated carbocycles. The highest BCUT2D eigenvalue weighted by atomic mass is 32.1. The van der Waals surface area contributed by atoms with Crippen molar-refractivity contribution in [2.24, 2.45) is 0 Å². The van der Waals surface area contributed by atoms with E-state index in [4.69, 9.17) is 4.74 Å². The van der Waals surface area contributed by atoms with Crippen molar-refractivity contribution < 1.29 is 31.9 Å². The SMILES string of the molecule is CCOC(=O)C(CC(F)(F)F)N1C(=O)CCc2ccc(CCN3CCN(c4cc(F)cc5sccc45)CC3)cc21. The summed E-state index contributed by atoms with van der Waals surface area (Å²) >= 11 is 1.52. The molecular weight excluding hydrogens is 546 g/mol. The van der Waals surface area contributed by atoms with E-state index in [2.05, 4.69) is 9.80 Å². The molecule has 1 atom stereocenters. The summed E-state index contributed by atoms with van der Waals surface area (Å²) in [4.78, 5) is 30.9. The van der Waals surface area contributed by atoms with Crippen molar-refractivity contribution in [1.29, 1.82) is 0 Å². The minimum atomic E-state index is -4.64. The number of hydrogen-bond donors (Lipinski definition) is 0. The molecule has 3 aromatic rings. The number of alkyl halides is 3. The summed E-state index contributed by atoms with van der Waals surface area (Å²) < 4.78 is 60.3. The van der Waals surface area contributed by atoms with Gasteiger partial charge in [0.05, 0.1) is 13.0 Å². The highest BCUT2D eigenvalue weighted by Crippen LogP contribution is 2.35. The molecule has 0 bridgehead atoms. The van der Waals surface area contributed by atoms with Crippen molar-refractivity contribution in [2.75, 3.05) is 49.1 Å². The lowest BCUT2D eigenvalue weighted by molar-refractivity contribution is -0.161. The second-order valence-corrected chi connectivity index (χ2v) is 11.1. The van der Waals surface area contributed by atoms with Crippen LogP contribution in [0, 0.1) is 5.82 Å². The van der Waals surface area contributed by atoms with Crippen LogP contribution in [0.25, 0.3) is 10.1 Å². The molecule has 0 spiro atoms. The first kappa shape index (κ1) is 28.4. The van der Waals surface area contributed by atoms with Crippen molar-refractivity contribution in [3.05, 3.63) is 58.7 Å². The third-order valence-electron chi connectivity index (χ3n) is 7.53. The van der Waals surface area contributed by atoms with Crippen LogP contribution in [0.1, 0.15) is 30.9 Å². The maximum atomic E-state index is 14.2. The first-order chi connectivity index (χ1) is 19.1. The number of hydrogen-bond acceptors (Lipinski definition) is 6. The molecule has 40 heavy (non-hydrogen) atoms. The van der Waals surface area contributed by atoms with Gasteiger partial charge in [0.25, 0.3) is 0 Å². The minimum absolute atomic E-state index is 0.0351. The zero-order chi connectivity index (χ0) is 28.4. The lowest BCUT2D eigenvalue weighted by atomic mass is 9.95. The van der Waals surface area contributed by atoms with Gasteiger partial charge in [0, 0.05) is 60.6 Å². The second-order valence-electron chi connectivity index (χ2n) is 10.1. The number of carbonyl (C=O) groups excluding carboxylic acids is 2. The standard InChI is InChI=1S/C29H31F4N3O3S/c1-2-39-28(38)25(18-29(31,32)33)36-23-15-19(3-4-20(23)5-6-27(36)37)7-9-34-10-12-35(13-11-34)24-16-21(30)17-26-22(24)8-14-40-26/h3-4,8,14-17,25H,2,5-7,9-13,18H2,1H3. The summed E-state index contributed by atoms with van der Waals surface area (Å²) in [6, 6.07) is 8.93. The molecule has 1 amide bonds. The first-order valence-corrected chi connectivity index (χ1v) is 14.3. The zero-order valence-corrected chi connectivity index (χ0v) is 23.0. The van der Waals surface area contributed by atoms with Crippen molar-refractivity contribution in [2.45, 2.75) is 44.8 Å². The van der Waals surface area contributed by atoms with E-state index < -0.39 is 30.5 Å². The molecule has 0 aliphatic carbocycles. The van der Waals surface area contributed by atoms with Crippen LogP contribution in [0.5, 0.6) is 0 Å². The fourth-order valence-corrected chi connectivity index (χ4v) is 6.39. The van der Waals surface area contributed by atoms with E-state index >= 15 is 0 Å². The Morgan fingerprint density at radius 1 is 1.05 bits per heavy atom. The Bertz CT molecular complexity index is 1380. The smallest absolute Gasteiger partial charge is 0.391 e. The highest BCUT2D eigenvalue weighted by molar-refractivity contribution is 7.17. The molecule has 3 heterocycles. The van der Waals surface area contributed by atoms with Gasteiger partial charge in [-0.2, -0.15) is 13.2 Å². The number of amides is 1. The number of carbonyl (C=O) groups is 2. The van der Waals surface area contributed by atoms with Crippen molar-refractivity contribution >= 4 is 44.7 Å². The maximum absolute atomic E-state index is 14.2. The lowest BCUT2D eigenvalue weighted by Gasteiger charge is -2.37. The number of ether oxygens (including phenoxy) is 1. The molecule has 1 aromatic heterocycles. The number of fused-ring (bicyclic) bond motifs is 2. The number of piperazine rings is 1. The van der Waals surface area contributed by atoms with Gasteiger partial charge >= 0.3 is 12.1 Å². The average molecular weight is 578 g/mol. The van der Waals surface area contributed by atoms with Gasteiger partial charge < -0.3 is 9.64 Å². The summed E-state index contributed by atoms with van der Waals surface area (Å²) in [6.45, 7) is 5.24. The van der Waals surface area contributed by atoms with Crippen molar-refractivity contribution in [1.82, 2.24) is 4.90 Å². The predicted molar refractivity (Wildman–Crippen MR) is 147 cm³/mol. The van der Waals surface area contributed by atoms with Crippen LogP contribution in [0.15, 0.2) is 41.8 Å². The van der Waals surface area contributed by atoms with Crippen LogP contribution in [0.3, 0.4) is 0 Å². The summed E-state index contributed by atoms with van der Waals surface area (Å²) in [5.41, 5.74) is 2.88. The molecule has 2 aromatic carbocycles. The summed E-state index contributed by atoms with van der Waals surface area (Å²) in [7, 11) is 0.